The zero-order valence-corrected chi connectivity index (χ0v) is 7.12. The van der Waals surface area contributed by atoms with E-state index in [1.54, 1.807) is 24.3 Å². The molecule has 1 aromatic carbocycles. The van der Waals surface area contributed by atoms with Gasteiger partial charge in [-0.05, 0) is 12.1 Å². The Morgan fingerprint density at radius 3 is 1.92 bits per heavy atom. The van der Waals surface area contributed by atoms with Crippen molar-refractivity contribution < 1.29 is 14.0 Å². The summed E-state index contributed by atoms with van der Waals surface area (Å²) < 4.78 is 4.12. The summed E-state index contributed by atoms with van der Waals surface area (Å²) in [5.41, 5.74) is 0.626. The third-order valence-electron chi connectivity index (χ3n) is 1.83. The lowest BCUT2D eigenvalue weighted by molar-refractivity contribution is -0.00876. The van der Waals surface area contributed by atoms with Gasteiger partial charge >= 0.3 is 0 Å². The number of carbonyl (C=O) groups is 2. The molecular weight excluding hydrogens is 194 g/mol. The topological polar surface area (TPSA) is 46.6 Å². The molecule has 2 rings (SSSR count). The second-order valence-electron chi connectivity index (χ2n) is 2.52. The SMILES string of the molecule is O=C1c2ccccc2C(=O)N1OCl. The molecule has 66 valence electrons. The van der Waals surface area contributed by atoms with Gasteiger partial charge in [0.15, 0.2) is 0 Å². The van der Waals surface area contributed by atoms with Gasteiger partial charge < -0.3 is 0 Å². The predicted octanol–water partition coefficient (Wildman–Crippen LogP) is 1.37. The van der Waals surface area contributed by atoms with Crippen LogP contribution in [0.2, 0.25) is 0 Å². The average molecular weight is 198 g/mol. The number of hydrogen-bond acceptors (Lipinski definition) is 3. The zero-order chi connectivity index (χ0) is 9.42. The third kappa shape index (κ3) is 1.03. The fourth-order valence-corrected chi connectivity index (χ4v) is 1.36. The summed E-state index contributed by atoms with van der Waals surface area (Å²) in [6.07, 6.45) is 0. The van der Waals surface area contributed by atoms with E-state index in [4.69, 9.17) is 11.9 Å². The fourth-order valence-electron chi connectivity index (χ4n) is 1.23. The molecule has 0 aromatic heterocycles. The predicted molar refractivity (Wildman–Crippen MR) is 43.9 cm³/mol. The molecule has 1 aliphatic rings. The minimum Gasteiger partial charge on any atom is -0.266 e. The molecule has 4 nitrogen and oxygen atoms in total. The van der Waals surface area contributed by atoms with Crippen LogP contribution in [0, 0.1) is 0 Å². The number of rotatable bonds is 1. The summed E-state index contributed by atoms with van der Waals surface area (Å²) in [4.78, 5) is 22.7. The van der Waals surface area contributed by atoms with E-state index < -0.39 is 11.8 Å². The minimum atomic E-state index is -0.532. The maximum Gasteiger partial charge on any atom is 0.287 e. The van der Waals surface area contributed by atoms with Crippen LogP contribution < -0.4 is 0 Å². The van der Waals surface area contributed by atoms with Gasteiger partial charge in [-0.1, -0.05) is 12.1 Å². The van der Waals surface area contributed by atoms with Gasteiger partial charge in [-0.15, -0.1) is 9.45 Å². The van der Waals surface area contributed by atoms with E-state index in [-0.39, 0.29) is 0 Å². The van der Waals surface area contributed by atoms with Crippen LogP contribution >= 0.6 is 11.9 Å². The highest BCUT2D eigenvalue weighted by Gasteiger charge is 2.36. The third-order valence-corrected chi connectivity index (χ3v) is 1.96. The number of carbonyl (C=O) groups excluding carboxylic acids is 2. The summed E-state index contributed by atoms with van der Waals surface area (Å²) in [6.45, 7) is 0. The van der Waals surface area contributed by atoms with E-state index in [1.165, 1.54) is 0 Å². The minimum absolute atomic E-state index is 0.313. The van der Waals surface area contributed by atoms with Gasteiger partial charge in [0.2, 0.25) is 0 Å². The molecule has 0 unspecified atom stereocenters. The van der Waals surface area contributed by atoms with Crippen molar-refractivity contribution in [1.29, 1.82) is 0 Å². The fraction of sp³-hybridized carbons (Fsp3) is 0. The highest BCUT2D eigenvalue weighted by atomic mass is 35.5. The van der Waals surface area contributed by atoms with Crippen molar-refractivity contribution in [3.05, 3.63) is 35.4 Å². The van der Waals surface area contributed by atoms with Gasteiger partial charge in [0, 0.05) is 0 Å². The van der Waals surface area contributed by atoms with E-state index in [1.807, 2.05) is 0 Å². The lowest BCUT2D eigenvalue weighted by atomic mass is 10.1. The zero-order valence-electron chi connectivity index (χ0n) is 6.36. The Labute approximate surface area is 78.8 Å². The van der Waals surface area contributed by atoms with Crippen molar-refractivity contribution in [3.8, 4) is 0 Å². The number of hydroxylamine groups is 2. The van der Waals surface area contributed by atoms with Crippen LogP contribution in [0.4, 0.5) is 0 Å². The van der Waals surface area contributed by atoms with Crippen molar-refractivity contribution >= 4 is 23.7 Å². The Bertz CT molecular complexity index is 356. The van der Waals surface area contributed by atoms with Crippen LogP contribution in [0.25, 0.3) is 0 Å². The van der Waals surface area contributed by atoms with Gasteiger partial charge in [-0.3, -0.25) is 9.59 Å². The molecule has 0 N–H and O–H groups in total. The molecule has 1 heterocycles. The van der Waals surface area contributed by atoms with Gasteiger partial charge in [-0.25, -0.2) is 0 Å². The van der Waals surface area contributed by atoms with Crippen molar-refractivity contribution in [2.75, 3.05) is 0 Å². The van der Waals surface area contributed by atoms with Crippen LogP contribution in [0.5, 0.6) is 0 Å². The van der Waals surface area contributed by atoms with E-state index >= 15 is 0 Å². The summed E-state index contributed by atoms with van der Waals surface area (Å²) >= 11 is 4.97. The molecule has 13 heavy (non-hydrogen) atoms. The lowest BCUT2D eigenvalue weighted by Gasteiger charge is -2.04. The molecule has 1 aromatic rings. The van der Waals surface area contributed by atoms with E-state index in [2.05, 4.69) is 4.39 Å². The van der Waals surface area contributed by atoms with Crippen molar-refractivity contribution in [1.82, 2.24) is 5.06 Å². The van der Waals surface area contributed by atoms with Gasteiger partial charge in [0.1, 0.15) is 0 Å². The van der Waals surface area contributed by atoms with Crippen molar-refractivity contribution in [2.24, 2.45) is 0 Å². The van der Waals surface area contributed by atoms with Crippen molar-refractivity contribution in [2.45, 2.75) is 0 Å². The summed E-state index contributed by atoms with van der Waals surface area (Å²) in [5.74, 6) is -1.06. The molecule has 1 aliphatic heterocycles. The summed E-state index contributed by atoms with van der Waals surface area (Å²) in [6, 6.07) is 6.43. The molecule has 5 heteroatoms. The molecule has 0 atom stereocenters. The van der Waals surface area contributed by atoms with Crippen molar-refractivity contribution in [3.63, 3.8) is 0 Å². The maximum absolute atomic E-state index is 11.3. The number of benzene rings is 1. The number of halogens is 1. The second kappa shape index (κ2) is 2.83. The van der Waals surface area contributed by atoms with Crippen LogP contribution in [0.15, 0.2) is 24.3 Å². The quantitative estimate of drug-likeness (QED) is 0.639. The van der Waals surface area contributed by atoms with Crippen LogP contribution in [0.3, 0.4) is 0 Å². The molecule has 0 saturated carbocycles. The number of amides is 2. The van der Waals surface area contributed by atoms with Gasteiger partial charge in [0.25, 0.3) is 11.8 Å². The maximum atomic E-state index is 11.3. The molecule has 0 spiro atoms. The first kappa shape index (κ1) is 8.22. The first-order valence-electron chi connectivity index (χ1n) is 3.52. The normalized spacial score (nSPS) is 15.0. The first-order chi connectivity index (χ1) is 6.25. The first-order valence-corrected chi connectivity index (χ1v) is 3.83. The molecule has 0 saturated heterocycles. The lowest BCUT2D eigenvalue weighted by Crippen LogP contribution is -2.26. The summed E-state index contributed by atoms with van der Waals surface area (Å²) in [7, 11) is 0. The Balaban J connectivity index is 2.57. The second-order valence-corrected chi connectivity index (χ2v) is 2.66. The highest BCUT2D eigenvalue weighted by Crippen LogP contribution is 2.22. The Hall–Kier alpha value is -1.39. The molecule has 2 amide bonds. The van der Waals surface area contributed by atoms with E-state index in [9.17, 15) is 9.59 Å². The largest absolute Gasteiger partial charge is 0.287 e. The number of fused-ring (bicyclic) bond motifs is 1. The Morgan fingerprint density at radius 2 is 1.54 bits per heavy atom. The number of hydrogen-bond donors (Lipinski definition) is 0. The Morgan fingerprint density at radius 1 is 1.08 bits per heavy atom. The summed E-state index contributed by atoms with van der Waals surface area (Å²) in [5, 5.41) is 0.520. The monoisotopic (exact) mass is 197 g/mol. The molecular formula is C8H4ClNO3. The van der Waals surface area contributed by atoms with Gasteiger partial charge in [-0.2, -0.15) is 0 Å². The smallest absolute Gasteiger partial charge is 0.266 e. The molecule has 0 radical (unpaired) electrons. The molecule has 0 aliphatic carbocycles. The van der Waals surface area contributed by atoms with E-state index in [0.29, 0.717) is 16.2 Å². The standard InChI is InChI=1S/C8H4ClNO3/c9-13-10-7(11)5-3-1-2-4-6(5)8(10)12/h1-4H. The van der Waals surface area contributed by atoms with Crippen LogP contribution in [-0.4, -0.2) is 16.9 Å². The average Bonchev–Trinajstić information content (AvgIpc) is 2.41. The van der Waals surface area contributed by atoms with Gasteiger partial charge in [0.05, 0.1) is 23.0 Å². The molecule has 0 bridgehead atoms. The Kier molecular flexibility index (Phi) is 1.79. The van der Waals surface area contributed by atoms with Crippen LogP contribution in [-0.2, 0) is 4.39 Å². The number of imide groups is 1. The highest BCUT2D eigenvalue weighted by molar-refractivity contribution is 6.22. The molecule has 0 fully saturated rings. The van der Waals surface area contributed by atoms with E-state index in [0.717, 1.165) is 0 Å². The number of nitrogens with zero attached hydrogens (tertiary/aromatic N) is 1. The van der Waals surface area contributed by atoms with Crippen LogP contribution in [0.1, 0.15) is 20.7 Å².